The Morgan fingerprint density at radius 1 is 1.33 bits per heavy atom. The van der Waals surface area contributed by atoms with E-state index < -0.39 is 10.0 Å². The lowest BCUT2D eigenvalue weighted by Crippen LogP contribution is -2.37. The maximum atomic E-state index is 12.1. The largest absolute Gasteiger partial charge is 0.326 e. The first-order valence-electron chi connectivity index (χ1n) is 6.53. The van der Waals surface area contributed by atoms with Crippen molar-refractivity contribution < 1.29 is 13.2 Å². The van der Waals surface area contributed by atoms with Gasteiger partial charge in [-0.15, -0.1) is 12.4 Å². The Hall–Kier alpha value is -1.31. The lowest BCUT2D eigenvalue weighted by atomic mass is 9.99. The standard InChI is InChI=1S/C13H19N3O3S.ClH/c1-20(18,19)16-12-6-2-5-11(8-12)15-13(17)10-4-3-7-14-9-10;/h2,5-6,8,10,14,16H,3-4,7,9H2,1H3,(H,15,17);1H. The van der Waals surface area contributed by atoms with E-state index in [0.29, 0.717) is 17.9 Å². The number of rotatable bonds is 4. The third-order valence-electron chi connectivity index (χ3n) is 3.10. The van der Waals surface area contributed by atoms with Crippen LogP contribution in [0.15, 0.2) is 24.3 Å². The molecule has 1 aromatic rings. The average molecular weight is 334 g/mol. The summed E-state index contributed by atoms with van der Waals surface area (Å²) in [4.78, 5) is 12.1. The number of hydrogen-bond acceptors (Lipinski definition) is 4. The highest BCUT2D eigenvalue weighted by molar-refractivity contribution is 7.92. The molecule has 3 N–H and O–H groups in total. The van der Waals surface area contributed by atoms with E-state index in [1.165, 1.54) is 0 Å². The Balaban J connectivity index is 0.00000220. The van der Waals surface area contributed by atoms with E-state index in [1.807, 2.05) is 0 Å². The van der Waals surface area contributed by atoms with Crippen LogP contribution in [0.2, 0.25) is 0 Å². The second-order valence-electron chi connectivity index (χ2n) is 4.99. The molecule has 6 nitrogen and oxygen atoms in total. The molecule has 1 aromatic carbocycles. The summed E-state index contributed by atoms with van der Waals surface area (Å²) in [6, 6.07) is 6.68. The molecular weight excluding hydrogens is 314 g/mol. The lowest BCUT2D eigenvalue weighted by Gasteiger charge is -2.22. The fourth-order valence-corrected chi connectivity index (χ4v) is 2.75. The summed E-state index contributed by atoms with van der Waals surface area (Å²) < 4.78 is 24.7. The molecule has 2 rings (SSSR count). The summed E-state index contributed by atoms with van der Waals surface area (Å²) in [7, 11) is -3.32. The van der Waals surface area contributed by atoms with Crippen molar-refractivity contribution in [3.05, 3.63) is 24.3 Å². The van der Waals surface area contributed by atoms with Crippen molar-refractivity contribution in [1.29, 1.82) is 0 Å². The minimum absolute atomic E-state index is 0. The van der Waals surface area contributed by atoms with Gasteiger partial charge in [-0.1, -0.05) is 6.07 Å². The van der Waals surface area contributed by atoms with E-state index in [-0.39, 0.29) is 24.2 Å². The van der Waals surface area contributed by atoms with Gasteiger partial charge in [0.15, 0.2) is 0 Å². The van der Waals surface area contributed by atoms with Crippen LogP contribution >= 0.6 is 12.4 Å². The molecule has 0 saturated carbocycles. The Bertz CT molecular complexity index is 586. The number of halogens is 1. The summed E-state index contributed by atoms with van der Waals surface area (Å²) in [5, 5.41) is 6.02. The summed E-state index contributed by atoms with van der Waals surface area (Å²) in [5.74, 6) is -0.0658. The summed E-state index contributed by atoms with van der Waals surface area (Å²) in [6.45, 7) is 1.64. The number of carbonyl (C=O) groups excluding carboxylic acids is 1. The number of nitrogens with one attached hydrogen (secondary N) is 3. The van der Waals surface area contributed by atoms with E-state index in [4.69, 9.17) is 0 Å². The molecule has 0 radical (unpaired) electrons. The topological polar surface area (TPSA) is 87.3 Å². The van der Waals surface area contributed by atoms with Crippen LogP contribution in [0, 0.1) is 5.92 Å². The molecule has 21 heavy (non-hydrogen) atoms. The second kappa shape index (κ2) is 7.63. The molecule has 1 unspecified atom stereocenters. The number of anilines is 2. The molecule has 1 fully saturated rings. The number of piperidine rings is 1. The highest BCUT2D eigenvalue weighted by Crippen LogP contribution is 2.18. The normalized spacial score (nSPS) is 18.4. The Morgan fingerprint density at radius 3 is 2.67 bits per heavy atom. The van der Waals surface area contributed by atoms with Gasteiger partial charge in [-0.25, -0.2) is 8.42 Å². The zero-order chi connectivity index (χ0) is 14.6. The highest BCUT2D eigenvalue weighted by Gasteiger charge is 2.20. The Morgan fingerprint density at radius 2 is 2.05 bits per heavy atom. The number of sulfonamides is 1. The van der Waals surface area contributed by atoms with Crippen LogP contribution in [0.1, 0.15) is 12.8 Å². The third-order valence-corrected chi connectivity index (χ3v) is 3.71. The Labute approximate surface area is 131 Å². The van der Waals surface area contributed by atoms with E-state index >= 15 is 0 Å². The molecule has 0 bridgehead atoms. The summed E-state index contributed by atoms with van der Waals surface area (Å²) >= 11 is 0. The van der Waals surface area contributed by atoms with Gasteiger partial charge >= 0.3 is 0 Å². The van der Waals surface area contributed by atoms with E-state index in [9.17, 15) is 13.2 Å². The summed E-state index contributed by atoms with van der Waals surface area (Å²) in [5.41, 5.74) is 1.03. The van der Waals surface area contributed by atoms with Gasteiger partial charge in [-0.2, -0.15) is 0 Å². The first-order valence-corrected chi connectivity index (χ1v) is 8.42. The lowest BCUT2D eigenvalue weighted by molar-refractivity contribution is -0.120. The fourth-order valence-electron chi connectivity index (χ4n) is 2.19. The maximum Gasteiger partial charge on any atom is 0.229 e. The summed E-state index contributed by atoms with van der Waals surface area (Å²) in [6.07, 6.45) is 2.96. The highest BCUT2D eigenvalue weighted by atomic mass is 35.5. The van der Waals surface area contributed by atoms with Crippen molar-refractivity contribution in [2.24, 2.45) is 5.92 Å². The van der Waals surface area contributed by atoms with Gasteiger partial charge in [0.25, 0.3) is 0 Å². The zero-order valence-electron chi connectivity index (χ0n) is 11.8. The van der Waals surface area contributed by atoms with Gasteiger partial charge in [0.2, 0.25) is 15.9 Å². The van der Waals surface area contributed by atoms with Crippen LogP contribution < -0.4 is 15.4 Å². The van der Waals surface area contributed by atoms with Gasteiger partial charge in [0.05, 0.1) is 17.9 Å². The van der Waals surface area contributed by atoms with Crippen LogP contribution in [-0.4, -0.2) is 33.7 Å². The van der Waals surface area contributed by atoms with Gasteiger partial charge < -0.3 is 10.6 Å². The van der Waals surface area contributed by atoms with E-state index in [2.05, 4.69) is 15.4 Å². The molecule has 8 heteroatoms. The molecule has 0 aromatic heterocycles. The van der Waals surface area contributed by atoms with Crippen molar-refractivity contribution in [2.45, 2.75) is 12.8 Å². The fraction of sp³-hybridized carbons (Fsp3) is 0.462. The third kappa shape index (κ3) is 5.91. The van der Waals surface area contributed by atoms with Gasteiger partial charge in [0.1, 0.15) is 0 Å². The number of hydrogen-bond donors (Lipinski definition) is 3. The SMILES string of the molecule is CS(=O)(=O)Nc1cccc(NC(=O)C2CCCNC2)c1.Cl. The van der Waals surface area contributed by atoms with Crippen LogP contribution in [0.25, 0.3) is 0 Å². The van der Waals surface area contributed by atoms with Crippen molar-refractivity contribution >= 4 is 39.7 Å². The molecule has 118 valence electrons. The van der Waals surface area contributed by atoms with Crippen LogP contribution in [0.5, 0.6) is 0 Å². The molecule has 0 spiro atoms. The predicted octanol–water partition coefficient (Wildman–Crippen LogP) is 1.42. The molecule has 1 amide bonds. The molecule has 0 aliphatic carbocycles. The monoisotopic (exact) mass is 333 g/mol. The first-order chi connectivity index (χ1) is 9.44. The van der Waals surface area contributed by atoms with Crippen LogP contribution in [0.4, 0.5) is 11.4 Å². The quantitative estimate of drug-likeness (QED) is 0.777. The first kappa shape index (κ1) is 17.7. The number of carbonyl (C=O) groups is 1. The van der Waals surface area contributed by atoms with E-state index in [0.717, 1.165) is 25.6 Å². The Kier molecular flexibility index (Phi) is 6.44. The number of amides is 1. The smallest absolute Gasteiger partial charge is 0.229 e. The second-order valence-corrected chi connectivity index (χ2v) is 6.74. The zero-order valence-corrected chi connectivity index (χ0v) is 13.4. The molecule has 1 aliphatic rings. The minimum atomic E-state index is -3.32. The molecule has 1 saturated heterocycles. The van der Waals surface area contributed by atoms with Crippen molar-refractivity contribution in [2.75, 3.05) is 29.4 Å². The molecule has 1 aliphatic heterocycles. The van der Waals surface area contributed by atoms with Crippen molar-refractivity contribution in [3.8, 4) is 0 Å². The van der Waals surface area contributed by atoms with Crippen LogP contribution in [0.3, 0.4) is 0 Å². The predicted molar refractivity (Wildman–Crippen MR) is 86.4 cm³/mol. The van der Waals surface area contributed by atoms with Crippen LogP contribution in [-0.2, 0) is 14.8 Å². The average Bonchev–Trinajstić information content (AvgIpc) is 2.38. The molecule has 1 heterocycles. The minimum Gasteiger partial charge on any atom is -0.326 e. The van der Waals surface area contributed by atoms with Gasteiger partial charge in [-0.05, 0) is 37.6 Å². The number of benzene rings is 1. The molecular formula is C13H20ClN3O3S. The maximum absolute atomic E-state index is 12.1. The van der Waals surface area contributed by atoms with Crippen molar-refractivity contribution in [1.82, 2.24) is 5.32 Å². The van der Waals surface area contributed by atoms with Gasteiger partial charge in [-0.3, -0.25) is 9.52 Å². The molecule has 1 atom stereocenters. The van der Waals surface area contributed by atoms with Crippen molar-refractivity contribution in [3.63, 3.8) is 0 Å². The van der Waals surface area contributed by atoms with Gasteiger partial charge in [0, 0.05) is 12.2 Å². The van der Waals surface area contributed by atoms with E-state index in [1.54, 1.807) is 24.3 Å².